The number of alkyl halides is 2. The van der Waals surface area contributed by atoms with Gasteiger partial charge in [0.25, 0.3) is 12.3 Å². The molecule has 0 bridgehead atoms. The number of nitrogens with zero attached hydrogens (tertiary/aromatic N) is 5. The number of nitrogens with one attached hydrogen (secondary N) is 1. The molecule has 0 fully saturated rings. The lowest BCUT2D eigenvalue weighted by molar-refractivity contribution is -0.386. The number of hydrogen-bond acceptors (Lipinski definition) is 6. The molecule has 2 rings (SSSR count). The molecule has 0 saturated carbocycles. The molecule has 2 aromatic heterocycles. The summed E-state index contributed by atoms with van der Waals surface area (Å²) in [4.78, 5) is 33.5. The molecule has 140 valence electrons. The number of aryl methyl sites for hydroxylation is 1. The minimum Gasteiger partial charge on any atom is -0.364 e. The molecule has 0 radical (unpaired) electrons. The fourth-order valence-electron chi connectivity index (χ4n) is 2.27. The Morgan fingerprint density at radius 1 is 1.42 bits per heavy atom. The summed E-state index contributed by atoms with van der Waals surface area (Å²) in [5.74, 6) is -1.61. The van der Waals surface area contributed by atoms with Crippen LogP contribution in [0, 0.1) is 17.0 Å². The van der Waals surface area contributed by atoms with Crippen molar-refractivity contribution in [2.24, 2.45) is 5.73 Å². The van der Waals surface area contributed by atoms with Gasteiger partial charge in [-0.05, 0) is 13.8 Å². The summed E-state index contributed by atoms with van der Waals surface area (Å²) in [5, 5.41) is 20.6. The minimum atomic E-state index is -3.16. The van der Waals surface area contributed by atoms with Crippen molar-refractivity contribution in [1.29, 1.82) is 0 Å². The maximum absolute atomic E-state index is 12.9. The van der Waals surface area contributed by atoms with Gasteiger partial charge >= 0.3 is 5.69 Å². The van der Waals surface area contributed by atoms with E-state index in [-0.39, 0.29) is 17.1 Å². The van der Waals surface area contributed by atoms with Gasteiger partial charge in [-0.1, -0.05) is 0 Å². The van der Waals surface area contributed by atoms with Crippen molar-refractivity contribution >= 4 is 23.2 Å². The van der Waals surface area contributed by atoms with Crippen LogP contribution in [0.4, 0.5) is 20.2 Å². The highest BCUT2D eigenvalue weighted by molar-refractivity contribution is 6.01. The minimum absolute atomic E-state index is 0.0396. The van der Waals surface area contributed by atoms with Gasteiger partial charge in [0.1, 0.15) is 12.2 Å². The number of rotatable bonds is 7. The average molecular weight is 371 g/mol. The normalized spacial score (nSPS) is 11.0. The SMILES string of the molecule is CCn1cc(NC(=O)Cn2nc(C(F)F)c([N+](=O)[O-])c2C)c(C(N)=O)n1. The first kappa shape index (κ1) is 19.0. The highest BCUT2D eigenvalue weighted by atomic mass is 19.3. The molecule has 0 unspecified atom stereocenters. The van der Waals surface area contributed by atoms with Crippen molar-refractivity contribution in [2.75, 3.05) is 5.32 Å². The van der Waals surface area contributed by atoms with Crippen molar-refractivity contribution in [2.45, 2.75) is 33.4 Å². The summed E-state index contributed by atoms with van der Waals surface area (Å²) in [5.41, 5.74) is 3.00. The first-order valence-electron chi connectivity index (χ1n) is 7.32. The van der Waals surface area contributed by atoms with Gasteiger partial charge in [0.2, 0.25) is 11.6 Å². The molecule has 0 aliphatic rings. The van der Waals surface area contributed by atoms with Gasteiger partial charge in [0, 0.05) is 12.7 Å². The number of primary amides is 1. The molecule has 0 spiro atoms. The van der Waals surface area contributed by atoms with Crippen LogP contribution in [0.2, 0.25) is 0 Å². The highest BCUT2D eigenvalue weighted by Crippen LogP contribution is 2.30. The zero-order valence-electron chi connectivity index (χ0n) is 13.8. The largest absolute Gasteiger partial charge is 0.364 e. The predicted octanol–water partition coefficient (Wildman–Crippen LogP) is 0.991. The number of carbonyl (C=O) groups is 2. The van der Waals surface area contributed by atoms with Crippen molar-refractivity contribution in [3.8, 4) is 0 Å². The first-order valence-corrected chi connectivity index (χ1v) is 7.32. The molecule has 0 atom stereocenters. The van der Waals surface area contributed by atoms with Crippen LogP contribution in [-0.2, 0) is 17.9 Å². The summed E-state index contributed by atoms with van der Waals surface area (Å²) in [6.45, 7) is 2.79. The summed E-state index contributed by atoms with van der Waals surface area (Å²) >= 11 is 0. The van der Waals surface area contributed by atoms with Gasteiger partial charge in [0.15, 0.2) is 5.69 Å². The first-order chi connectivity index (χ1) is 12.1. The number of halogens is 2. The van der Waals surface area contributed by atoms with E-state index in [4.69, 9.17) is 5.73 Å². The molecule has 0 aliphatic heterocycles. The Labute approximate surface area is 144 Å². The van der Waals surface area contributed by atoms with Crippen LogP contribution in [-0.4, -0.2) is 36.3 Å². The summed E-state index contributed by atoms with van der Waals surface area (Å²) in [6, 6.07) is 0. The Morgan fingerprint density at radius 3 is 2.54 bits per heavy atom. The number of nitrogens with two attached hydrogens (primary N) is 1. The molecule has 13 heteroatoms. The number of anilines is 1. The Hall–Kier alpha value is -3.38. The van der Waals surface area contributed by atoms with Crippen LogP contribution in [0.1, 0.15) is 35.2 Å². The molecule has 0 aliphatic carbocycles. The lowest BCUT2D eigenvalue weighted by Crippen LogP contribution is -2.22. The van der Waals surface area contributed by atoms with Crippen molar-refractivity contribution in [3.05, 3.63) is 33.4 Å². The van der Waals surface area contributed by atoms with Crippen LogP contribution < -0.4 is 11.1 Å². The van der Waals surface area contributed by atoms with Gasteiger partial charge in [-0.25, -0.2) is 8.78 Å². The van der Waals surface area contributed by atoms with E-state index in [1.54, 1.807) is 6.92 Å². The van der Waals surface area contributed by atoms with Gasteiger partial charge in [-0.15, -0.1) is 0 Å². The fraction of sp³-hybridized carbons (Fsp3) is 0.385. The zero-order valence-corrected chi connectivity index (χ0v) is 13.8. The maximum Gasteiger partial charge on any atom is 0.319 e. The molecular weight excluding hydrogens is 356 g/mol. The van der Waals surface area contributed by atoms with Gasteiger partial charge in [-0.3, -0.25) is 29.1 Å². The maximum atomic E-state index is 12.9. The van der Waals surface area contributed by atoms with Crippen molar-refractivity contribution in [1.82, 2.24) is 19.6 Å². The third kappa shape index (κ3) is 3.65. The molecule has 2 heterocycles. The van der Waals surface area contributed by atoms with Gasteiger partial charge in [0.05, 0.1) is 10.6 Å². The quantitative estimate of drug-likeness (QED) is 0.547. The van der Waals surface area contributed by atoms with Gasteiger partial charge in [-0.2, -0.15) is 10.2 Å². The number of aromatic nitrogens is 4. The third-order valence-electron chi connectivity index (χ3n) is 3.48. The van der Waals surface area contributed by atoms with Crippen molar-refractivity contribution in [3.63, 3.8) is 0 Å². The highest BCUT2D eigenvalue weighted by Gasteiger charge is 2.31. The zero-order chi connectivity index (χ0) is 19.6. The smallest absolute Gasteiger partial charge is 0.319 e. The number of hydrogen-bond donors (Lipinski definition) is 2. The Kier molecular flexibility index (Phi) is 5.28. The summed E-state index contributed by atoms with van der Waals surface area (Å²) in [6.07, 6.45) is -1.79. The molecule has 26 heavy (non-hydrogen) atoms. The summed E-state index contributed by atoms with van der Waals surface area (Å²) < 4.78 is 28.0. The number of nitro groups is 1. The van der Waals surface area contributed by atoms with E-state index in [9.17, 15) is 28.5 Å². The van der Waals surface area contributed by atoms with Crippen LogP contribution in [0.5, 0.6) is 0 Å². The van der Waals surface area contributed by atoms with E-state index in [1.165, 1.54) is 17.8 Å². The average Bonchev–Trinajstić information content (AvgIpc) is 3.09. The topological polar surface area (TPSA) is 151 Å². The molecule has 2 amide bonds. The van der Waals surface area contributed by atoms with Crippen molar-refractivity contribution < 1.29 is 23.3 Å². The second-order valence-electron chi connectivity index (χ2n) is 5.19. The molecular formula is C13H15F2N7O4. The Morgan fingerprint density at radius 2 is 2.08 bits per heavy atom. The number of carbonyl (C=O) groups excluding carboxylic acids is 2. The van der Waals surface area contributed by atoms with E-state index in [0.717, 1.165) is 4.68 Å². The van der Waals surface area contributed by atoms with E-state index >= 15 is 0 Å². The molecule has 11 nitrogen and oxygen atoms in total. The van der Waals surface area contributed by atoms with E-state index in [2.05, 4.69) is 15.5 Å². The predicted molar refractivity (Wildman–Crippen MR) is 83.6 cm³/mol. The lowest BCUT2D eigenvalue weighted by Gasteiger charge is -2.05. The van der Waals surface area contributed by atoms with E-state index in [0.29, 0.717) is 6.54 Å². The molecule has 3 N–H and O–H groups in total. The standard InChI is InChI=1S/C13H15F2N7O4/c1-3-20-4-7(9(18-20)13(16)24)17-8(23)5-21-6(2)11(22(25)26)10(19-21)12(14)15/h4,12H,3,5H2,1-2H3,(H2,16,24)(H,17,23). The fourth-order valence-corrected chi connectivity index (χ4v) is 2.27. The summed E-state index contributed by atoms with van der Waals surface area (Å²) in [7, 11) is 0. The van der Waals surface area contributed by atoms with Crippen LogP contribution in [0.3, 0.4) is 0 Å². The van der Waals surface area contributed by atoms with Crippen LogP contribution in [0.15, 0.2) is 6.20 Å². The molecule has 0 aromatic carbocycles. The number of amides is 2. The Balaban J connectivity index is 2.26. The van der Waals surface area contributed by atoms with Gasteiger partial charge < -0.3 is 11.1 Å². The lowest BCUT2D eigenvalue weighted by atomic mass is 10.3. The van der Waals surface area contributed by atoms with Crippen LogP contribution >= 0.6 is 0 Å². The van der Waals surface area contributed by atoms with E-state index < -0.39 is 41.1 Å². The third-order valence-corrected chi connectivity index (χ3v) is 3.48. The van der Waals surface area contributed by atoms with E-state index in [1.807, 2.05) is 0 Å². The second kappa shape index (κ2) is 7.25. The van der Waals surface area contributed by atoms with Crippen LogP contribution in [0.25, 0.3) is 0 Å². The monoisotopic (exact) mass is 371 g/mol. The molecule has 2 aromatic rings. The Bertz CT molecular complexity index is 874. The second-order valence-corrected chi connectivity index (χ2v) is 5.19. The molecule has 0 saturated heterocycles.